The van der Waals surface area contributed by atoms with Gasteiger partial charge in [0.25, 0.3) is 5.91 Å². The van der Waals surface area contributed by atoms with Crippen molar-refractivity contribution in [3.8, 4) is 0 Å². The molecule has 3 nitrogen and oxygen atoms in total. The first-order valence-electron chi connectivity index (χ1n) is 6.81. The number of hydrogen-bond donors (Lipinski definition) is 1. The summed E-state index contributed by atoms with van der Waals surface area (Å²) in [5.41, 5.74) is 7.90. The van der Waals surface area contributed by atoms with Crippen LogP contribution in [0.25, 0.3) is 10.8 Å². The molecule has 2 aromatic rings. The largest absolute Gasteiger partial charge is 0.326 e. The zero-order chi connectivity index (χ0) is 13.4. The topological polar surface area (TPSA) is 46.3 Å². The Labute approximate surface area is 113 Å². The van der Waals surface area contributed by atoms with Crippen LogP contribution in [-0.2, 0) is 0 Å². The lowest BCUT2D eigenvalue weighted by atomic mass is 10.1. The summed E-state index contributed by atoms with van der Waals surface area (Å²) < 4.78 is 0. The highest BCUT2D eigenvalue weighted by molar-refractivity contribution is 6.25. The van der Waals surface area contributed by atoms with Gasteiger partial charge in [0.05, 0.1) is 5.69 Å². The maximum absolute atomic E-state index is 12.5. The van der Waals surface area contributed by atoms with E-state index < -0.39 is 0 Å². The highest BCUT2D eigenvalue weighted by atomic mass is 16.2. The van der Waals surface area contributed by atoms with E-state index in [0.29, 0.717) is 6.54 Å². The fourth-order valence-electron chi connectivity index (χ4n) is 2.86. The van der Waals surface area contributed by atoms with E-state index in [9.17, 15) is 4.79 Å². The molecule has 0 saturated carbocycles. The van der Waals surface area contributed by atoms with Crippen molar-refractivity contribution in [3.63, 3.8) is 0 Å². The summed E-state index contributed by atoms with van der Waals surface area (Å²) in [6, 6.07) is 12.0. The van der Waals surface area contributed by atoms with Crippen molar-refractivity contribution in [1.29, 1.82) is 0 Å². The van der Waals surface area contributed by atoms with Crippen LogP contribution in [0.2, 0.25) is 0 Å². The molecule has 19 heavy (non-hydrogen) atoms. The molecule has 1 heterocycles. The first-order chi connectivity index (χ1) is 9.22. The number of rotatable bonds is 4. The zero-order valence-corrected chi connectivity index (χ0v) is 11.1. The third-order valence-corrected chi connectivity index (χ3v) is 3.73. The molecule has 0 aromatic heterocycles. The lowest BCUT2D eigenvalue weighted by molar-refractivity contribution is 0.0991. The fraction of sp³-hybridized carbons (Fsp3) is 0.312. The molecule has 0 fully saturated rings. The number of benzene rings is 2. The molecule has 1 amide bonds. The van der Waals surface area contributed by atoms with Gasteiger partial charge >= 0.3 is 0 Å². The fourth-order valence-corrected chi connectivity index (χ4v) is 2.86. The highest BCUT2D eigenvalue weighted by Gasteiger charge is 2.30. The molecule has 1 unspecified atom stereocenters. The van der Waals surface area contributed by atoms with Crippen LogP contribution >= 0.6 is 0 Å². The Hall–Kier alpha value is -1.87. The van der Waals surface area contributed by atoms with Crippen LogP contribution in [0.4, 0.5) is 5.69 Å². The van der Waals surface area contributed by atoms with Crippen molar-refractivity contribution in [2.24, 2.45) is 5.73 Å². The Morgan fingerprint density at radius 2 is 1.95 bits per heavy atom. The molecule has 0 aliphatic carbocycles. The van der Waals surface area contributed by atoms with E-state index in [1.165, 1.54) is 0 Å². The Balaban J connectivity index is 2.03. The minimum Gasteiger partial charge on any atom is -0.326 e. The van der Waals surface area contributed by atoms with Crippen LogP contribution in [0.5, 0.6) is 0 Å². The summed E-state index contributed by atoms with van der Waals surface area (Å²) in [7, 11) is 0. The smallest absolute Gasteiger partial charge is 0.259 e. The van der Waals surface area contributed by atoms with E-state index in [2.05, 4.69) is 6.92 Å². The second-order valence-corrected chi connectivity index (χ2v) is 5.15. The molecule has 3 rings (SSSR count). The van der Waals surface area contributed by atoms with E-state index in [4.69, 9.17) is 5.73 Å². The summed E-state index contributed by atoms with van der Waals surface area (Å²) in [4.78, 5) is 14.3. The molecule has 1 atom stereocenters. The first kappa shape index (κ1) is 12.2. The van der Waals surface area contributed by atoms with Gasteiger partial charge in [-0.2, -0.15) is 0 Å². The Morgan fingerprint density at radius 1 is 1.21 bits per heavy atom. The molecule has 0 radical (unpaired) electrons. The molecular formula is C16H18N2O. The quantitative estimate of drug-likeness (QED) is 0.911. The van der Waals surface area contributed by atoms with Crippen molar-refractivity contribution >= 4 is 22.4 Å². The predicted molar refractivity (Wildman–Crippen MR) is 78.5 cm³/mol. The number of amides is 1. The molecule has 1 aliphatic heterocycles. The maximum atomic E-state index is 12.5. The average Bonchev–Trinajstić information content (AvgIpc) is 2.68. The molecular weight excluding hydrogens is 236 g/mol. The number of anilines is 1. The molecule has 0 bridgehead atoms. The molecule has 2 aromatic carbocycles. The molecule has 0 saturated heterocycles. The third kappa shape index (κ3) is 1.90. The number of hydrogen-bond acceptors (Lipinski definition) is 2. The van der Waals surface area contributed by atoms with Gasteiger partial charge < -0.3 is 10.6 Å². The van der Waals surface area contributed by atoms with Gasteiger partial charge in [0.1, 0.15) is 0 Å². The zero-order valence-electron chi connectivity index (χ0n) is 11.1. The van der Waals surface area contributed by atoms with Crippen molar-refractivity contribution in [1.82, 2.24) is 0 Å². The maximum Gasteiger partial charge on any atom is 0.259 e. The highest BCUT2D eigenvalue weighted by Crippen LogP contribution is 2.37. The summed E-state index contributed by atoms with van der Waals surface area (Å²) in [6.07, 6.45) is 1.98. The van der Waals surface area contributed by atoms with Crippen LogP contribution in [0, 0.1) is 0 Å². The van der Waals surface area contributed by atoms with Gasteiger partial charge in [0.15, 0.2) is 0 Å². The van der Waals surface area contributed by atoms with E-state index >= 15 is 0 Å². The summed E-state index contributed by atoms with van der Waals surface area (Å²) in [5.74, 6) is 0.0818. The van der Waals surface area contributed by atoms with Gasteiger partial charge in [0.2, 0.25) is 0 Å². The lowest BCUT2D eigenvalue weighted by Gasteiger charge is -2.21. The molecule has 2 N–H and O–H groups in total. The molecule has 3 heteroatoms. The number of carbonyl (C=O) groups excluding carboxylic acids is 1. The summed E-state index contributed by atoms with van der Waals surface area (Å²) in [6.45, 7) is 2.71. The van der Waals surface area contributed by atoms with Crippen LogP contribution in [0.1, 0.15) is 30.1 Å². The van der Waals surface area contributed by atoms with Crippen molar-refractivity contribution in [2.75, 3.05) is 11.4 Å². The monoisotopic (exact) mass is 254 g/mol. The molecule has 0 spiro atoms. The van der Waals surface area contributed by atoms with Crippen LogP contribution in [-0.4, -0.2) is 18.5 Å². The van der Waals surface area contributed by atoms with Crippen molar-refractivity contribution in [3.05, 3.63) is 42.0 Å². The predicted octanol–water partition coefficient (Wildman–Crippen LogP) is 2.93. The average molecular weight is 254 g/mol. The van der Waals surface area contributed by atoms with Crippen LogP contribution < -0.4 is 10.6 Å². The number of nitrogens with zero attached hydrogens (tertiary/aromatic N) is 1. The van der Waals surface area contributed by atoms with E-state index in [1.54, 1.807) is 0 Å². The second kappa shape index (κ2) is 4.67. The van der Waals surface area contributed by atoms with E-state index in [1.807, 2.05) is 41.3 Å². The molecule has 98 valence electrons. The Bertz CT molecular complexity index is 630. The van der Waals surface area contributed by atoms with Crippen molar-refractivity contribution in [2.45, 2.75) is 25.8 Å². The lowest BCUT2D eigenvalue weighted by Crippen LogP contribution is -2.39. The molecule has 1 aliphatic rings. The van der Waals surface area contributed by atoms with Gasteiger partial charge in [-0.25, -0.2) is 0 Å². The van der Waals surface area contributed by atoms with Gasteiger partial charge in [-0.1, -0.05) is 37.6 Å². The minimum atomic E-state index is 0.0403. The van der Waals surface area contributed by atoms with Gasteiger partial charge in [0, 0.05) is 23.5 Å². The summed E-state index contributed by atoms with van der Waals surface area (Å²) in [5, 5.41) is 2.19. The van der Waals surface area contributed by atoms with Crippen molar-refractivity contribution < 1.29 is 4.79 Å². The first-order valence-corrected chi connectivity index (χ1v) is 6.81. The van der Waals surface area contributed by atoms with E-state index in [-0.39, 0.29) is 11.9 Å². The Kier molecular flexibility index (Phi) is 2.99. The van der Waals surface area contributed by atoms with Gasteiger partial charge in [-0.15, -0.1) is 0 Å². The van der Waals surface area contributed by atoms with Crippen LogP contribution in [0.15, 0.2) is 36.4 Å². The normalized spacial score (nSPS) is 15.3. The number of carbonyl (C=O) groups is 1. The van der Waals surface area contributed by atoms with Gasteiger partial charge in [-0.3, -0.25) is 4.79 Å². The second-order valence-electron chi connectivity index (χ2n) is 5.15. The number of nitrogens with two attached hydrogens (primary N) is 1. The SMILES string of the molecule is CCCC(N)CN1C(=O)c2cccc3cccc1c23. The minimum absolute atomic E-state index is 0.0403. The third-order valence-electron chi connectivity index (χ3n) is 3.73. The standard InChI is InChI=1S/C16H18N2O/c1-2-5-12(17)10-18-14-9-4-7-11-6-3-8-13(15(11)14)16(18)19/h3-4,6-9,12H,2,5,10,17H2,1H3. The summed E-state index contributed by atoms with van der Waals surface area (Å²) >= 11 is 0. The van der Waals surface area contributed by atoms with E-state index in [0.717, 1.165) is 34.9 Å². The Morgan fingerprint density at radius 3 is 2.68 bits per heavy atom. The van der Waals surface area contributed by atoms with Crippen LogP contribution in [0.3, 0.4) is 0 Å². The van der Waals surface area contributed by atoms with Gasteiger partial charge in [-0.05, 0) is 23.9 Å².